The number of nitrogens with one attached hydrogen (secondary N) is 2. The van der Waals surface area contributed by atoms with Gasteiger partial charge in [-0.2, -0.15) is 5.26 Å². The number of H-pyrrole nitrogens is 1. The first-order valence-corrected chi connectivity index (χ1v) is 10.8. The molecular formula is C22H28FN5O2. The molecular weight excluding hydrogens is 385 g/mol. The zero-order chi connectivity index (χ0) is 21.4. The van der Waals surface area contributed by atoms with Gasteiger partial charge in [-0.25, -0.2) is 9.18 Å². The fourth-order valence-corrected chi connectivity index (χ4v) is 4.99. The summed E-state index contributed by atoms with van der Waals surface area (Å²) in [6.45, 7) is 6.73. The van der Waals surface area contributed by atoms with E-state index in [0.717, 1.165) is 32.4 Å². The number of aryl methyl sites for hydroxylation is 1. The molecule has 1 saturated heterocycles. The normalized spacial score (nSPS) is 20.0. The maximum absolute atomic E-state index is 15.6. The summed E-state index contributed by atoms with van der Waals surface area (Å²) in [5.74, 6) is -0.226. The van der Waals surface area contributed by atoms with E-state index in [2.05, 4.69) is 21.3 Å². The van der Waals surface area contributed by atoms with Crippen LogP contribution in [0.25, 0.3) is 10.9 Å². The molecule has 1 aliphatic heterocycles. The van der Waals surface area contributed by atoms with Crippen LogP contribution < -0.4 is 16.6 Å². The van der Waals surface area contributed by atoms with Gasteiger partial charge in [-0.05, 0) is 63.4 Å². The first-order valence-electron chi connectivity index (χ1n) is 10.8. The molecule has 1 saturated carbocycles. The van der Waals surface area contributed by atoms with Crippen LogP contribution in [0.1, 0.15) is 55.8 Å². The molecule has 2 unspecified atom stereocenters. The predicted octanol–water partition coefficient (Wildman–Crippen LogP) is 2.36. The number of hydrogen-bond acceptors (Lipinski definition) is 5. The number of halogens is 1. The molecule has 7 nitrogen and oxygen atoms in total. The van der Waals surface area contributed by atoms with Gasteiger partial charge in [-0.3, -0.25) is 19.2 Å². The molecule has 1 aromatic heterocycles. The molecule has 2 fully saturated rings. The minimum absolute atomic E-state index is 0.0568. The molecule has 4 rings (SSSR count). The van der Waals surface area contributed by atoms with Gasteiger partial charge in [0.2, 0.25) is 0 Å². The lowest BCUT2D eigenvalue weighted by Crippen LogP contribution is -2.37. The lowest BCUT2D eigenvalue weighted by Gasteiger charge is -2.36. The number of nitriles is 1. The van der Waals surface area contributed by atoms with Crippen LogP contribution in [0.3, 0.4) is 0 Å². The lowest BCUT2D eigenvalue weighted by molar-refractivity contribution is 0.154. The van der Waals surface area contributed by atoms with E-state index in [4.69, 9.17) is 5.26 Å². The Labute approximate surface area is 174 Å². The molecule has 2 N–H and O–H groups in total. The van der Waals surface area contributed by atoms with Gasteiger partial charge in [0.25, 0.3) is 5.56 Å². The Bertz CT molecular complexity index is 1110. The zero-order valence-electron chi connectivity index (χ0n) is 17.5. The SMILES string of the molecule is CCN(CCC#N)C(c1c(F)cc2c(=O)[nH]c(=O)n(C3CC3)c2c1C)C1CCNC1. The van der Waals surface area contributed by atoms with Crippen molar-refractivity contribution in [1.82, 2.24) is 19.8 Å². The second kappa shape index (κ2) is 8.32. The van der Waals surface area contributed by atoms with Crippen molar-refractivity contribution in [2.24, 2.45) is 5.92 Å². The van der Waals surface area contributed by atoms with Crippen LogP contribution in [0.2, 0.25) is 0 Å². The van der Waals surface area contributed by atoms with E-state index in [1.807, 2.05) is 13.8 Å². The smallest absolute Gasteiger partial charge is 0.316 e. The number of rotatable bonds is 7. The quantitative estimate of drug-likeness (QED) is 0.727. The minimum Gasteiger partial charge on any atom is -0.316 e. The number of fused-ring (bicyclic) bond motifs is 1. The average molecular weight is 413 g/mol. The molecule has 2 aliphatic rings. The Kier molecular flexibility index (Phi) is 5.76. The molecule has 0 radical (unpaired) electrons. The highest BCUT2D eigenvalue weighted by Gasteiger charge is 2.35. The van der Waals surface area contributed by atoms with Crippen LogP contribution in [0, 0.1) is 30.0 Å². The zero-order valence-corrected chi connectivity index (χ0v) is 17.5. The topological polar surface area (TPSA) is 93.9 Å². The van der Waals surface area contributed by atoms with Crippen molar-refractivity contribution >= 4 is 10.9 Å². The van der Waals surface area contributed by atoms with E-state index < -0.39 is 17.1 Å². The van der Waals surface area contributed by atoms with Crippen molar-refractivity contribution in [3.8, 4) is 6.07 Å². The summed E-state index contributed by atoms with van der Waals surface area (Å²) in [4.78, 5) is 29.6. The van der Waals surface area contributed by atoms with E-state index in [-0.39, 0.29) is 23.4 Å². The molecule has 0 spiro atoms. The van der Waals surface area contributed by atoms with Crippen molar-refractivity contribution in [2.75, 3.05) is 26.2 Å². The number of aromatic nitrogens is 2. The van der Waals surface area contributed by atoms with E-state index in [9.17, 15) is 9.59 Å². The number of aromatic amines is 1. The summed E-state index contributed by atoms with van der Waals surface area (Å²) in [5.41, 5.74) is 0.792. The van der Waals surface area contributed by atoms with Gasteiger partial charge in [0.05, 0.1) is 17.0 Å². The molecule has 30 heavy (non-hydrogen) atoms. The minimum atomic E-state index is -0.545. The predicted molar refractivity (Wildman–Crippen MR) is 113 cm³/mol. The summed E-state index contributed by atoms with van der Waals surface area (Å²) in [7, 11) is 0. The van der Waals surface area contributed by atoms with Crippen LogP contribution in [-0.4, -0.2) is 40.6 Å². The van der Waals surface area contributed by atoms with Gasteiger partial charge in [0.15, 0.2) is 0 Å². The third-order valence-corrected chi connectivity index (χ3v) is 6.53. The average Bonchev–Trinajstić information content (AvgIpc) is 3.40. The first kappa shape index (κ1) is 20.8. The van der Waals surface area contributed by atoms with Gasteiger partial charge >= 0.3 is 5.69 Å². The highest BCUT2D eigenvalue weighted by Crippen LogP contribution is 2.40. The van der Waals surface area contributed by atoms with Gasteiger partial charge in [0, 0.05) is 30.6 Å². The molecule has 0 bridgehead atoms. The molecule has 1 aliphatic carbocycles. The lowest BCUT2D eigenvalue weighted by atomic mass is 9.86. The Morgan fingerprint density at radius 1 is 1.37 bits per heavy atom. The number of benzene rings is 1. The summed E-state index contributed by atoms with van der Waals surface area (Å²) in [6.07, 6.45) is 3.04. The highest BCUT2D eigenvalue weighted by molar-refractivity contribution is 5.83. The molecule has 2 aromatic rings. The summed E-state index contributed by atoms with van der Waals surface area (Å²) < 4.78 is 17.2. The fraction of sp³-hybridized carbons (Fsp3) is 0.591. The summed E-state index contributed by atoms with van der Waals surface area (Å²) in [5, 5.41) is 12.7. The van der Waals surface area contributed by atoms with Gasteiger partial charge in [0.1, 0.15) is 5.82 Å². The molecule has 8 heteroatoms. The standard InChI is InChI=1S/C22H28FN5O2/c1-3-27(10-4-8-24)20(14-7-9-25-12-14)18-13(2)19-16(11-17(18)23)21(29)26-22(30)28(19)15-5-6-15/h11,14-15,20,25H,3-7,9-10,12H2,1-2H3,(H,26,29,30). The Morgan fingerprint density at radius 2 is 2.13 bits per heavy atom. The van der Waals surface area contributed by atoms with E-state index in [0.29, 0.717) is 36.2 Å². The maximum Gasteiger partial charge on any atom is 0.329 e. The molecule has 2 atom stereocenters. The monoisotopic (exact) mass is 413 g/mol. The van der Waals surface area contributed by atoms with Crippen molar-refractivity contribution in [1.29, 1.82) is 5.26 Å². The van der Waals surface area contributed by atoms with Crippen molar-refractivity contribution < 1.29 is 4.39 Å². The largest absolute Gasteiger partial charge is 0.329 e. The highest BCUT2D eigenvalue weighted by atomic mass is 19.1. The maximum atomic E-state index is 15.6. The van der Waals surface area contributed by atoms with Crippen LogP contribution in [0.4, 0.5) is 4.39 Å². The van der Waals surface area contributed by atoms with Crippen molar-refractivity contribution in [2.45, 2.75) is 51.6 Å². The van der Waals surface area contributed by atoms with Crippen LogP contribution in [-0.2, 0) is 0 Å². The number of nitrogens with zero attached hydrogens (tertiary/aromatic N) is 3. The summed E-state index contributed by atoms with van der Waals surface area (Å²) in [6, 6.07) is 3.33. The van der Waals surface area contributed by atoms with Crippen LogP contribution in [0.15, 0.2) is 15.7 Å². The van der Waals surface area contributed by atoms with Crippen LogP contribution in [0.5, 0.6) is 0 Å². The first-order chi connectivity index (χ1) is 14.5. The number of hydrogen-bond donors (Lipinski definition) is 2. The third-order valence-electron chi connectivity index (χ3n) is 6.53. The van der Waals surface area contributed by atoms with Crippen molar-refractivity contribution in [3.63, 3.8) is 0 Å². The second-order valence-electron chi connectivity index (χ2n) is 8.39. The van der Waals surface area contributed by atoms with Crippen LogP contribution >= 0.6 is 0 Å². The molecule has 0 amide bonds. The van der Waals surface area contributed by atoms with E-state index >= 15 is 4.39 Å². The summed E-state index contributed by atoms with van der Waals surface area (Å²) >= 11 is 0. The molecule has 160 valence electrons. The fourth-order valence-electron chi connectivity index (χ4n) is 4.99. The Balaban J connectivity index is 1.97. The Morgan fingerprint density at radius 3 is 2.73 bits per heavy atom. The van der Waals surface area contributed by atoms with E-state index in [1.54, 1.807) is 4.57 Å². The van der Waals surface area contributed by atoms with Crippen molar-refractivity contribution in [3.05, 3.63) is 43.8 Å². The second-order valence-corrected chi connectivity index (χ2v) is 8.39. The molecule has 2 heterocycles. The van der Waals surface area contributed by atoms with Gasteiger partial charge < -0.3 is 5.32 Å². The van der Waals surface area contributed by atoms with Gasteiger partial charge in [-0.15, -0.1) is 0 Å². The van der Waals surface area contributed by atoms with Gasteiger partial charge in [-0.1, -0.05) is 6.92 Å². The van der Waals surface area contributed by atoms with E-state index in [1.165, 1.54) is 6.07 Å². The Hall–Kier alpha value is -2.50. The third kappa shape index (κ3) is 3.57. The molecule has 1 aromatic carbocycles.